The molecule has 2 aromatic rings. The van der Waals surface area contributed by atoms with Crippen molar-refractivity contribution in [3.8, 4) is 0 Å². The van der Waals surface area contributed by atoms with Crippen LogP contribution in [0.15, 0.2) is 18.2 Å². The summed E-state index contributed by atoms with van der Waals surface area (Å²) in [5.41, 5.74) is 0.945. The quantitative estimate of drug-likeness (QED) is 0.848. The van der Waals surface area contributed by atoms with Gasteiger partial charge in [-0.2, -0.15) is 0 Å². The molecule has 1 amide bonds. The van der Waals surface area contributed by atoms with Crippen LogP contribution in [0, 0.1) is 34.8 Å². The highest BCUT2D eigenvalue weighted by Gasteiger charge is 2.56. The van der Waals surface area contributed by atoms with Gasteiger partial charge in [-0.15, -0.1) is 0 Å². The van der Waals surface area contributed by atoms with Gasteiger partial charge in [-0.05, 0) is 48.1 Å². The lowest BCUT2D eigenvalue weighted by Crippen LogP contribution is -2.60. The summed E-state index contributed by atoms with van der Waals surface area (Å²) in [6.07, 6.45) is 2.23. The number of rotatable bonds is 2. The van der Waals surface area contributed by atoms with Crippen molar-refractivity contribution in [2.45, 2.75) is 39.7 Å². The minimum absolute atomic E-state index is 0.141. The zero-order chi connectivity index (χ0) is 17.2. The molecule has 0 saturated heterocycles. The first-order chi connectivity index (χ1) is 11.3. The molecule has 24 heavy (non-hydrogen) atoms. The second-order valence-electron chi connectivity index (χ2n) is 8.07. The fraction of sp³-hybridized carbons (Fsp3) is 0.526. The zero-order valence-electron chi connectivity index (χ0n) is 14.1. The number of hydrogen-bond donors (Lipinski definition) is 2. The number of aromatic amines is 1. The van der Waals surface area contributed by atoms with E-state index in [9.17, 15) is 13.6 Å². The third-order valence-electron chi connectivity index (χ3n) is 6.57. The summed E-state index contributed by atoms with van der Waals surface area (Å²) in [6, 6.07) is 3.63. The van der Waals surface area contributed by atoms with Crippen LogP contribution in [0.4, 0.5) is 8.78 Å². The van der Waals surface area contributed by atoms with Gasteiger partial charge in [0.1, 0.15) is 17.3 Å². The zero-order valence-corrected chi connectivity index (χ0v) is 14.1. The molecule has 3 nitrogen and oxygen atoms in total. The summed E-state index contributed by atoms with van der Waals surface area (Å²) < 4.78 is 27.1. The van der Waals surface area contributed by atoms with Gasteiger partial charge in [0.25, 0.3) is 5.91 Å². The predicted octanol–water partition coefficient (Wildman–Crippen LogP) is 4.25. The van der Waals surface area contributed by atoms with Gasteiger partial charge in [-0.1, -0.05) is 20.8 Å². The number of carbonyl (C=O) groups is 1. The topological polar surface area (TPSA) is 44.9 Å². The van der Waals surface area contributed by atoms with Gasteiger partial charge in [-0.3, -0.25) is 4.79 Å². The monoisotopic (exact) mass is 332 g/mol. The molecule has 0 aliphatic heterocycles. The van der Waals surface area contributed by atoms with Crippen molar-refractivity contribution in [3.05, 3.63) is 35.5 Å². The molecule has 1 aromatic heterocycles. The van der Waals surface area contributed by atoms with Crippen molar-refractivity contribution in [2.75, 3.05) is 0 Å². The molecule has 0 unspecified atom stereocenters. The SMILES string of the molecule is C[C@H]1[C@H]2C[C@@H](C[C@H]1NC(=O)c1cc3c(F)cc(F)cc3[nH]1)C2(C)C. The Kier molecular flexibility index (Phi) is 3.28. The second-order valence-corrected chi connectivity index (χ2v) is 8.07. The van der Waals surface area contributed by atoms with Crippen LogP contribution < -0.4 is 5.32 Å². The summed E-state index contributed by atoms with van der Waals surface area (Å²) in [6.45, 7) is 6.83. The molecule has 1 heterocycles. The van der Waals surface area contributed by atoms with Gasteiger partial charge in [0, 0.05) is 17.5 Å². The number of carbonyl (C=O) groups excluding carboxylic acids is 1. The number of nitrogens with one attached hydrogen (secondary N) is 2. The molecule has 2 bridgehead atoms. The smallest absolute Gasteiger partial charge is 0.267 e. The maximum absolute atomic E-state index is 13.8. The Labute approximate surface area is 139 Å². The number of amides is 1. The van der Waals surface area contributed by atoms with Crippen LogP contribution in [-0.2, 0) is 0 Å². The lowest BCUT2D eigenvalue weighted by Gasteiger charge is -2.62. The maximum atomic E-state index is 13.8. The molecule has 1 aromatic carbocycles. The van der Waals surface area contributed by atoms with E-state index in [1.807, 2.05) is 0 Å². The highest BCUT2D eigenvalue weighted by Crippen LogP contribution is 2.61. The molecule has 4 atom stereocenters. The van der Waals surface area contributed by atoms with E-state index in [0.29, 0.717) is 28.7 Å². The van der Waals surface area contributed by atoms with E-state index in [0.717, 1.165) is 12.5 Å². The third-order valence-corrected chi connectivity index (χ3v) is 6.57. The summed E-state index contributed by atoms with van der Waals surface area (Å²) >= 11 is 0. The van der Waals surface area contributed by atoms with Crippen LogP contribution in [0.5, 0.6) is 0 Å². The van der Waals surface area contributed by atoms with Crippen molar-refractivity contribution >= 4 is 16.8 Å². The van der Waals surface area contributed by atoms with Gasteiger partial charge in [-0.25, -0.2) is 8.78 Å². The Morgan fingerprint density at radius 1 is 1.25 bits per heavy atom. The lowest BCUT2D eigenvalue weighted by atomic mass is 9.45. The molecule has 5 rings (SSSR count). The van der Waals surface area contributed by atoms with E-state index in [4.69, 9.17) is 0 Å². The molecule has 3 fully saturated rings. The van der Waals surface area contributed by atoms with Crippen LogP contribution in [0.2, 0.25) is 0 Å². The first kappa shape index (κ1) is 15.6. The lowest BCUT2D eigenvalue weighted by molar-refractivity contribution is -0.113. The average molecular weight is 332 g/mol. The van der Waals surface area contributed by atoms with Crippen LogP contribution in [0.1, 0.15) is 44.1 Å². The van der Waals surface area contributed by atoms with Crippen LogP contribution in [-0.4, -0.2) is 16.9 Å². The molecule has 0 radical (unpaired) electrons. The highest BCUT2D eigenvalue weighted by atomic mass is 19.1. The summed E-state index contributed by atoms with van der Waals surface area (Å²) in [7, 11) is 0. The Morgan fingerprint density at radius 2 is 2.00 bits per heavy atom. The first-order valence-electron chi connectivity index (χ1n) is 8.56. The summed E-state index contributed by atoms with van der Waals surface area (Å²) in [5.74, 6) is 0.148. The number of hydrogen-bond acceptors (Lipinski definition) is 1. The Balaban J connectivity index is 1.54. The maximum Gasteiger partial charge on any atom is 0.267 e. The van der Waals surface area contributed by atoms with Gasteiger partial charge < -0.3 is 10.3 Å². The van der Waals surface area contributed by atoms with E-state index >= 15 is 0 Å². The van der Waals surface area contributed by atoms with Crippen LogP contribution in [0.25, 0.3) is 10.9 Å². The number of fused-ring (bicyclic) bond motifs is 3. The fourth-order valence-electron chi connectivity index (χ4n) is 4.87. The molecule has 3 aliphatic rings. The van der Waals surface area contributed by atoms with E-state index in [2.05, 4.69) is 31.1 Å². The molecule has 3 saturated carbocycles. The number of aromatic nitrogens is 1. The largest absolute Gasteiger partial charge is 0.350 e. The fourth-order valence-corrected chi connectivity index (χ4v) is 4.87. The molecule has 0 spiro atoms. The van der Waals surface area contributed by atoms with E-state index in [1.54, 1.807) is 0 Å². The summed E-state index contributed by atoms with van der Waals surface area (Å²) in [5, 5.41) is 3.33. The van der Waals surface area contributed by atoms with Gasteiger partial charge in [0.15, 0.2) is 0 Å². The Bertz CT molecular complexity index is 826. The van der Waals surface area contributed by atoms with Crippen molar-refractivity contribution in [1.29, 1.82) is 0 Å². The normalized spacial score (nSPS) is 30.9. The average Bonchev–Trinajstić information content (AvgIpc) is 2.93. The van der Waals surface area contributed by atoms with Crippen molar-refractivity contribution in [2.24, 2.45) is 23.2 Å². The van der Waals surface area contributed by atoms with E-state index in [-0.39, 0.29) is 23.0 Å². The molecular formula is C19H22F2N2O. The first-order valence-corrected chi connectivity index (χ1v) is 8.56. The summed E-state index contributed by atoms with van der Waals surface area (Å²) in [4.78, 5) is 15.4. The van der Waals surface area contributed by atoms with Crippen molar-refractivity contribution in [1.82, 2.24) is 10.3 Å². The second kappa shape index (κ2) is 5.04. The van der Waals surface area contributed by atoms with E-state index < -0.39 is 11.6 Å². The van der Waals surface area contributed by atoms with Crippen LogP contribution in [0.3, 0.4) is 0 Å². The molecule has 5 heteroatoms. The van der Waals surface area contributed by atoms with Crippen molar-refractivity contribution in [3.63, 3.8) is 0 Å². The Morgan fingerprint density at radius 3 is 2.67 bits per heavy atom. The molecular weight excluding hydrogens is 310 g/mol. The van der Waals surface area contributed by atoms with Crippen LogP contribution >= 0.6 is 0 Å². The van der Waals surface area contributed by atoms with E-state index in [1.165, 1.54) is 18.6 Å². The predicted molar refractivity (Wildman–Crippen MR) is 88.6 cm³/mol. The molecule has 128 valence electrons. The molecule has 2 N–H and O–H groups in total. The molecule has 3 aliphatic carbocycles. The van der Waals surface area contributed by atoms with Gasteiger partial charge >= 0.3 is 0 Å². The standard InChI is InChI=1S/C19H22F2N2O/c1-9-13-4-10(19(13,2)3)5-15(9)23-18(24)17-8-12-14(21)6-11(20)7-16(12)22-17/h6-10,13,15,22H,4-5H2,1-3H3,(H,23,24)/t9-,10-,13+,15+/m0/s1. The minimum Gasteiger partial charge on any atom is -0.350 e. The van der Waals surface area contributed by atoms with Gasteiger partial charge in [0.05, 0.1) is 5.52 Å². The third kappa shape index (κ3) is 2.17. The van der Waals surface area contributed by atoms with Gasteiger partial charge in [0.2, 0.25) is 0 Å². The highest BCUT2D eigenvalue weighted by molar-refractivity contribution is 5.98. The minimum atomic E-state index is -0.658. The number of halogens is 2. The number of H-pyrrole nitrogens is 1. The van der Waals surface area contributed by atoms with Crippen molar-refractivity contribution < 1.29 is 13.6 Å². The Hall–Kier alpha value is -1.91. The number of benzene rings is 1.